The highest BCUT2D eigenvalue weighted by molar-refractivity contribution is 4.84. The zero-order chi connectivity index (χ0) is 10.4. The van der Waals surface area contributed by atoms with E-state index < -0.39 is 0 Å². The molecule has 1 aromatic rings. The van der Waals surface area contributed by atoms with E-state index in [0.29, 0.717) is 19.6 Å². The van der Waals surface area contributed by atoms with Crippen LogP contribution >= 0.6 is 0 Å². The summed E-state index contributed by atoms with van der Waals surface area (Å²) in [6.45, 7) is 3.63. The Morgan fingerprint density at radius 2 is 1.87 bits per heavy atom. The van der Waals surface area contributed by atoms with Crippen molar-refractivity contribution in [3.63, 3.8) is 0 Å². The van der Waals surface area contributed by atoms with Crippen LogP contribution in [-0.2, 0) is 19.5 Å². The number of aromatic nitrogens is 2. The fourth-order valence-electron chi connectivity index (χ4n) is 1.60. The van der Waals surface area contributed by atoms with Crippen LogP contribution in [0.4, 0.5) is 0 Å². The fraction of sp³-hybridized carbons (Fsp3) is 0.667. The molecule has 0 aliphatic rings. The van der Waals surface area contributed by atoms with Crippen molar-refractivity contribution in [1.82, 2.24) is 4.57 Å². The SMILES string of the molecule is NCCc1n(CCN)cc[n+]1CCN.[Br-]. The van der Waals surface area contributed by atoms with E-state index in [1.807, 2.05) is 12.4 Å². The van der Waals surface area contributed by atoms with Crippen LogP contribution in [0.15, 0.2) is 12.4 Å². The Morgan fingerprint density at radius 3 is 2.40 bits per heavy atom. The lowest BCUT2D eigenvalue weighted by Crippen LogP contribution is -3.00. The minimum Gasteiger partial charge on any atom is -1.00 e. The van der Waals surface area contributed by atoms with Crippen molar-refractivity contribution in [2.24, 2.45) is 17.2 Å². The van der Waals surface area contributed by atoms with Gasteiger partial charge in [-0.25, -0.2) is 9.13 Å². The summed E-state index contributed by atoms with van der Waals surface area (Å²) in [4.78, 5) is 0. The Labute approximate surface area is 101 Å². The molecule has 6 heteroatoms. The molecule has 0 aliphatic heterocycles. The van der Waals surface area contributed by atoms with Gasteiger partial charge < -0.3 is 34.2 Å². The Kier molecular flexibility index (Phi) is 7.59. The molecule has 88 valence electrons. The van der Waals surface area contributed by atoms with Crippen molar-refractivity contribution >= 4 is 0 Å². The fourth-order valence-corrected chi connectivity index (χ4v) is 1.60. The van der Waals surface area contributed by atoms with Gasteiger partial charge in [-0.3, -0.25) is 0 Å². The molecule has 1 heterocycles. The minimum absolute atomic E-state index is 0. The molecule has 0 aromatic carbocycles. The van der Waals surface area contributed by atoms with Crippen molar-refractivity contribution in [1.29, 1.82) is 0 Å². The second-order valence-electron chi connectivity index (χ2n) is 3.22. The van der Waals surface area contributed by atoms with Crippen molar-refractivity contribution in [2.75, 3.05) is 19.6 Å². The first-order valence-electron chi connectivity index (χ1n) is 5.01. The number of rotatable bonds is 6. The van der Waals surface area contributed by atoms with Crippen LogP contribution < -0.4 is 38.7 Å². The zero-order valence-corrected chi connectivity index (χ0v) is 10.5. The second kappa shape index (κ2) is 7.81. The maximum absolute atomic E-state index is 5.56. The predicted molar refractivity (Wildman–Crippen MR) is 55.5 cm³/mol. The van der Waals surface area contributed by atoms with E-state index in [4.69, 9.17) is 17.2 Å². The van der Waals surface area contributed by atoms with Crippen LogP contribution in [0.5, 0.6) is 0 Å². The lowest BCUT2D eigenvalue weighted by Gasteiger charge is -2.02. The number of nitrogens with zero attached hydrogens (tertiary/aromatic N) is 2. The van der Waals surface area contributed by atoms with Crippen LogP contribution in [0.3, 0.4) is 0 Å². The summed E-state index contributed by atoms with van der Waals surface area (Å²) >= 11 is 0. The molecule has 0 spiro atoms. The largest absolute Gasteiger partial charge is 1.00 e. The van der Waals surface area contributed by atoms with Crippen LogP contribution in [-0.4, -0.2) is 24.2 Å². The first kappa shape index (κ1) is 14.6. The summed E-state index contributed by atoms with van der Waals surface area (Å²) in [6, 6.07) is 0. The van der Waals surface area contributed by atoms with Crippen molar-refractivity contribution in [3.05, 3.63) is 18.2 Å². The zero-order valence-electron chi connectivity index (χ0n) is 8.90. The van der Waals surface area contributed by atoms with Gasteiger partial charge in [0.1, 0.15) is 25.5 Å². The monoisotopic (exact) mass is 277 g/mol. The molecule has 6 N–H and O–H groups in total. The van der Waals surface area contributed by atoms with E-state index >= 15 is 0 Å². The van der Waals surface area contributed by atoms with Crippen LogP contribution in [0.25, 0.3) is 0 Å². The predicted octanol–water partition coefficient (Wildman–Crippen LogP) is -4.80. The van der Waals surface area contributed by atoms with Gasteiger partial charge in [0.2, 0.25) is 0 Å². The molecule has 0 bridgehead atoms. The van der Waals surface area contributed by atoms with Crippen molar-refractivity contribution in [2.45, 2.75) is 19.5 Å². The average molecular weight is 278 g/mol. The Balaban J connectivity index is 0.00000196. The molecule has 0 saturated carbocycles. The summed E-state index contributed by atoms with van der Waals surface area (Å²) in [6.07, 6.45) is 4.94. The standard InChI is InChI=1S/C9H20N5.BrH/c10-2-1-9-13(5-3-11)7-8-14(9)6-4-12;/h7-8H,1-6,10-12H2;1H/q+1;/p-1. The van der Waals surface area contributed by atoms with Gasteiger partial charge >= 0.3 is 0 Å². The summed E-state index contributed by atoms with van der Waals surface area (Å²) in [7, 11) is 0. The quantitative estimate of drug-likeness (QED) is 0.456. The lowest BCUT2D eigenvalue weighted by molar-refractivity contribution is -0.701. The molecule has 5 nitrogen and oxygen atoms in total. The summed E-state index contributed by atoms with van der Waals surface area (Å²) in [5, 5.41) is 0. The van der Waals surface area contributed by atoms with Crippen LogP contribution in [0, 0.1) is 0 Å². The molecular weight excluding hydrogens is 258 g/mol. The molecular formula is C9H20BrN5. The topological polar surface area (TPSA) is 86.9 Å². The summed E-state index contributed by atoms with van der Waals surface area (Å²) in [5.41, 5.74) is 16.6. The van der Waals surface area contributed by atoms with Gasteiger partial charge in [0.15, 0.2) is 0 Å². The first-order chi connectivity index (χ1) is 6.83. The van der Waals surface area contributed by atoms with Gasteiger partial charge in [-0.1, -0.05) is 0 Å². The Hall–Kier alpha value is -0.430. The van der Waals surface area contributed by atoms with Crippen LogP contribution in [0.2, 0.25) is 0 Å². The van der Waals surface area contributed by atoms with Gasteiger partial charge in [0.05, 0.1) is 6.42 Å². The van der Waals surface area contributed by atoms with Gasteiger partial charge in [-0.15, -0.1) is 0 Å². The van der Waals surface area contributed by atoms with E-state index in [2.05, 4.69) is 9.13 Å². The average Bonchev–Trinajstić information content (AvgIpc) is 2.52. The maximum atomic E-state index is 5.56. The molecule has 0 saturated heterocycles. The summed E-state index contributed by atoms with van der Waals surface area (Å²) in [5.74, 6) is 1.21. The first-order valence-corrected chi connectivity index (χ1v) is 5.01. The highest BCUT2D eigenvalue weighted by Gasteiger charge is 2.14. The smallest absolute Gasteiger partial charge is 0.257 e. The number of imidazole rings is 1. The maximum Gasteiger partial charge on any atom is 0.257 e. The van der Waals surface area contributed by atoms with E-state index in [1.54, 1.807) is 0 Å². The molecule has 0 atom stereocenters. The van der Waals surface area contributed by atoms with Crippen molar-refractivity contribution in [3.8, 4) is 0 Å². The number of halogens is 1. The van der Waals surface area contributed by atoms with Gasteiger partial charge in [-0.2, -0.15) is 0 Å². The second-order valence-corrected chi connectivity index (χ2v) is 3.22. The Bertz CT molecular complexity index is 250. The highest BCUT2D eigenvalue weighted by atomic mass is 79.9. The van der Waals surface area contributed by atoms with E-state index in [-0.39, 0.29) is 17.0 Å². The van der Waals surface area contributed by atoms with Gasteiger partial charge in [-0.05, 0) is 0 Å². The molecule has 0 aliphatic carbocycles. The Morgan fingerprint density at radius 1 is 1.13 bits per heavy atom. The summed E-state index contributed by atoms with van der Waals surface area (Å²) < 4.78 is 4.28. The minimum atomic E-state index is 0. The lowest BCUT2D eigenvalue weighted by atomic mass is 10.4. The molecule has 0 amide bonds. The van der Waals surface area contributed by atoms with Crippen molar-refractivity contribution < 1.29 is 21.5 Å². The third-order valence-electron chi connectivity index (χ3n) is 2.20. The third kappa shape index (κ3) is 3.90. The number of nitrogens with two attached hydrogens (primary N) is 3. The van der Waals surface area contributed by atoms with E-state index in [0.717, 1.165) is 19.5 Å². The van der Waals surface area contributed by atoms with E-state index in [1.165, 1.54) is 5.82 Å². The molecule has 0 fully saturated rings. The van der Waals surface area contributed by atoms with E-state index in [9.17, 15) is 0 Å². The molecule has 15 heavy (non-hydrogen) atoms. The molecule has 0 unspecified atom stereocenters. The highest BCUT2D eigenvalue weighted by Crippen LogP contribution is 1.95. The normalized spacial score (nSPS) is 10.1. The molecule has 0 radical (unpaired) electrons. The molecule has 1 rings (SSSR count). The molecule has 1 aromatic heterocycles. The van der Waals surface area contributed by atoms with Gasteiger partial charge in [0.25, 0.3) is 5.82 Å². The van der Waals surface area contributed by atoms with Gasteiger partial charge in [0, 0.05) is 19.6 Å². The van der Waals surface area contributed by atoms with Crippen LogP contribution in [0.1, 0.15) is 5.82 Å². The third-order valence-corrected chi connectivity index (χ3v) is 2.20. The number of hydrogen-bond donors (Lipinski definition) is 3. The number of hydrogen-bond acceptors (Lipinski definition) is 3.